The Balaban J connectivity index is 2.02. The highest BCUT2D eigenvalue weighted by Crippen LogP contribution is 2.12. The minimum Gasteiger partial charge on any atom is -0.272 e. The maximum atomic E-state index is 12.9. The van der Waals surface area contributed by atoms with Crippen molar-refractivity contribution in [3.8, 4) is 0 Å². The van der Waals surface area contributed by atoms with Gasteiger partial charge in [-0.3, -0.25) is 9.63 Å². The Kier molecular flexibility index (Phi) is 3.14. The summed E-state index contributed by atoms with van der Waals surface area (Å²) in [7, 11) is 0. The van der Waals surface area contributed by atoms with Gasteiger partial charge >= 0.3 is 0 Å². The van der Waals surface area contributed by atoms with Crippen molar-refractivity contribution in [3.05, 3.63) is 35.4 Å². The van der Waals surface area contributed by atoms with Crippen LogP contribution in [0.15, 0.2) is 18.2 Å². The van der Waals surface area contributed by atoms with Crippen LogP contribution in [0, 0.1) is 11.6 Å². The number of carbonyl (C=O) groups is 1. The Morgan fingerprint density at radius 3 is 2.81 bits per heavy atom. The molecule has 3 nitrogen and oxygen atoms in total. The van der Waals surface area contributed by atoms with Gasteiger partial charge < -0.3 is 0 Å². The maximum Gasteiger partial charge on any atom is 0.250 e. The predicted octanol–water partition coefficient (Wildman–Crippen LogP) is 1.67. The molecule has 1 fully saturated rings. The van der Waals surface area contributed by atoms with E-state index in [1.807, 2.05) is 0 Å². The molecule has 1 aromatic rings. The molecule has 2 rings (SSSR count). The van der Waals surface area contributed by atoms with E-state index in [2.05, 4.69) is 0 Å². The number of hydrogen-bond donors (Lipinski definition) is 0. The Morgan fingerprint density at radius 1 is 1.38 bits per heavy atom. The van der Waals surface area contributed by atoms with Gasteiger partial charge in [-0.1, -0.05) is 6.07 Å². The van der Waals surface area contributed by atoms with Crippen LogP contribution in [0.25, 0.3) is 0 Å². The van der Waals surface area contributed by atoms with Crippen LogP contribution in [0.4, 0.5) is 8.78 Å². The van der Waals surface area contributed by atoms with Gasteiger partial charge in [0.2, 0.25) is 0 Å². The highest BCUT2D eigenvalue weighted by Gasteiger charge is 2.19. The van der Waals surface area contributed by atoms with E-state index in [0.717, 1.165) is 18.6 Å². The van der Waals surface area contributed by atoms with Gasteiger partial charge in [-0.2, -0.15) is 0 Å². The molecule has 0 unspecified atom stereocenters. The molecule has 1 saturated heterocycles. The lowest BCUT2D eigenvalue weighted by Crippen LogP contribution is -2.28. The second-order valence-electron chi connectivity index (χ2n) is 3.61. The SMILES string of the molecule is O=C(Cc1ccc(F)c(F)c1)N1CCCO1. The van der Waals surface area contributed by atoms with Crippen molar-refractivity contribution in [2.24, 2.45) is 0 Å². The lowest BCUT2D eigenvalue weighted by Gasteiger charge is -2.13. The molecule has 86 valence electrons. The normalized spacial score (nSPS) is 15.5. The van der Waals surface area contributed by atoms with E-state index in [4.69, 9.17) is 4.84 Å². The first-order valence-corrected chi connectivity index (χ1v) is 5.04. The van der Waals surface area contributed by atoms with E-state index in [1.54, 1.807) is 0 Å². The fraction of sp³-hybridized carbons (Fsp3) is 0.364. The lowest BCUT2D eigenvalue weighted by atomic mass is 10.1. The van der Waals surface area contributed by atoms with Crippen LogP contribution in [0.5, 0.6) is 0 Å². The molecular formula is C11H11F2NO2. The zero-order valence-electron chi connectivity index (χ0n) is 8.58. The molecule has 1 amide bonds. The van der Waals surface area contributed by atoms with Crippen molar-refractivity contribution < 1.29 is 18.4 Å². The Hall–Kier alpha value is -1.49. The van der Waals surface area contributed by atoms with Crippen LogP contribution in [-0.2, 0) is 16.1 Å². The molecule has 1 heterocycles. The zero-order chi connectivity index (χ0) is 11.5. The quantitative estimate of drug-likeness (QED) is 0.769. The van der Waals surface area contributed by atoms with Crippen LogP contribution in [0.2, 0.25) is 0 Å². The first kappa shape index (κ1) is 11.0. The van der Waals surface area contributed by atoms with E-state index in [-0.39, 0.29) is 12.3 Å². The third kappa shape index (κ3) is 2.36. The fourth-order valence-electron chi connectivity index (χ4n) is 1.56. The van der Waals surface area contributed by atoms with Crippen molar-refractivity contribution in [3.63, 3.8) is 0 Å². The van der Waals surface area contributed by atoms with Gasteiger partial charge in [0.25, 0.3) is 5.91 Å². The maximum absolute atomic E-state index is 12.9. The number of carbonyl (C=O) groups excluding carboxylic acids is 1. The second kappa shape index (κ2) is 4.57. The molecule has 0 radical (unpaired) electrons. The molecule has 1 aliphatic heterocycles. The van der Waals surface area contributed by atoms with Gasteiger partial charge in [-0.25, -0.2) is 13.8 Å². The summed E-state index contributed by atoms with van der Waals surface area (Å²) in [6.07, 6.45) is 0.834. The Bertz CT molecular complexity index is 403. The summed E-state index contributed by atoms with van der Waals surface area (Å²) in [6.45, 7) is 1.09. The van der Waals surface area contributed by atoms with Crippen molar-refractivity contribution in [1.29, 1.82) is 0 Å². The third-order valence-electron chi connectivity index (χ3n) is 2.37. The molecule has 0 N–H and O–H groups in total. The molecule has 0 saturated carbocycles. The van der Waals surface area contributed by atoms with Crippen LogP contribution in [-0.4, -0.2) is 24.1 Å². The van der Waals surface area contributed by atoms with Gasteiger partial charge in [-0.05, 0) is 24.1 Å². The van der Waals surface area contributed by atoms with Gasteiger partial charge in [-0.15, -0.1) is 0 Å². The summed E-state index contributed by atoms with van der Waals surface area (Å²) in [5, 5.41) is 1.27. The van der Waals surface area contributed by atoms with Crippen molar-refractivity contribution in [2.45, 2.75) is 12.8 Å². The molecule has 0 atom stereocenters. The Labute approximate surface area is 91.6 Å². The molecule has 0 aromatic heterocycles. The van der Waals surface area contributed by atoms with Crippen molar-refractivity contribution in [2.75, 3.05) is 13.2 Å². The second-order valence-corrected chi connectivity index (χ2v) is 3.61. The summed E-state index contributed by atoms with van der Waals surface area (Å²) >= 11 is 0. The molecule has 1 aliphatic rings. The van der Waals surface area contributed by atoms with E-state index in [9.17, 15) is 13.6 Å². The number of hydrogen-bond acceptors (Lipinski definition) is 2. The lowest BCUT2D eigenvalue weighted by molar-refractivity contribution is -0.167. The standard InChI is InChI=1S/C11H11F2NO2/c12-9-3-2-8(6-10(9)13)7-11(15)14-4-1-5-16-14/h2-3,6H,1,4-5,7H2. The first-order valence-electron chi connectivity index (χ1n) is 5.04. The molecular weight excluding hydrogens is 216 g/mol. The molecule has 5 heteroatoms. The smallest absolute Gasteiger partial charge is 0.250 e. The number of hydroxylamine groups is 2. The number of rotatable bonds is 2. The number of nitrogens with zero attached hydrogens (tertiary/aromatic N) is 1. The highest BCUT2D eigenvalue weighted by molar-refractivity contribution is 5.77. The summed E-state index contributed by atoms with van der Waals surface area (Å²) in [5.74, 6) is -2.08. The Morgan fingerprint density at radius 2 is 2.19 bits per heavy atom. The fourth-order valence-corrected chi connectivity index (χ4v) is 1.56. The monoisotopic (exact) mass is 227 g/mol. The largest absolute Gasteiger partial charge is 0.272 e. The van der Waals surface area contributed by atoms with Crippen LogP contribution in [0.1, 0.15) is 12.0 Å². The van der Waals surface area contributed by atoms with Gasteiger partial charge in [0.05, 0.1) is 19.6 Å². The average molecular weight is 227 g/mol. The van der Waals surface area contributed by atoms with Crippen LogP contribution < -0.4 is 0 Å². The van der Waals surface area contributed by atoms with Gasteiger partial charge in [0.15, 0.2) is 11.6 Å². The number of benzene rings is 1. The van der Waals surface area contributed by atoms with Crippen LogP contribution in [0.3, 0.4) is 0 Å². The molecule has 0 spiro atoms. The third-order valence-corrected chi connectivity index (χ3v) is 2.37. The average Bonchev–Trinajstić information content (AvgIpc) is 2.77. The zero-order valence-corrected chi connectivity index (χ0v) is 8.58. The number of amides is 1. The topological polar surface area (TPSA) is 29.5 Å². The van der Waals surface area contributed by atoms with Gasteiger partial charge in [0, 0.05) is 0 Å². The van der Waals surface area contributed by atoms with Crippen molar-refractivity contribution in [1.82, 2.24) is 5.06 Å². The minimum absolute atomic E-state index is 0.0250. The summed E-state index contributed by atoms with van der Waals surface area (Å²) in [6, 6.07) is 3.44. The summed E-state index contributed by atoms with van der Waals surface area (Å²) in [5.41, 5.74) is 0.444. The van der Waals surface area contributed by atoms with Gasteiger partial charge in [0.1, 0.15) is 0 Å². The molecule has 0 bridgehead atoms. The van der Waals surface area contributed by atoms with Crippen LogP contribution >= 0.6 is 0 Å². The summed E-state index contributed by atoms with van der Waals surface area (Å²) in [4.78, 5) is 16.7. The predicted molar refractivity (Wildman–Crippen MR) is 52.3 cm³/mol. The van der Waals surface area contributed by atoms with E-state index >= 15 is 0 Å². The first-order chi connectivity index (χ1) is 7.66. The minimum atomic E-state index is -0.937. The summed E-state index contributed by atoms with van der Waals surface area (Å²) < 4.78 is 25.5. The van der Waals surface area contributed by atoms with E-state index in [0.29, 0.717) is 18.7 Å². The molecule has 16 heavy (non-hydrogen) atoms. The van der Waals surface area contributed by atoms with E-state index < -0.39 is 11.6 Å². The highest BCUT2D eigenvalue weighted by atomic mass is 19.2. The van der Waals surface area contributed by atoms with Crippen molar-refractivity contribution >= 4 is 5.91 Å². The number of halogens is 2. The van der Waals surface area contributed by atoms with E-state index in [1.165, 1.54) is 11.1 Å². The molecule has 1 aromatic carbocycles. The molecule has 0 aliphatic carbocycles.